The molecule has 2 aliphatic heterocycles. The van der Waals surface area contributed by atoms with Crippen molar-refractivity contribution in [1.82, 2.24) is 15.5 Å². The van der Waals surface area contributed by atoms with E-state index < -0.39 is 11.0 Å². The molecule has 3 rings (SSSR count). The summed E-state index contributed by atoms with van der Waals surface area (Å²) in [5, 5.41) is 19.4. The Kier molecular flexibility index (Phi) is 9.42. The molecule has 0 bridgehead atoms. The molecule has 0 aliphatic carbocycles. The van der Waals surface area contributed by atoms with Crippen molar-refractivity contribution in [3.05, 3.63) is 34.9 Å². The zero-order valence-electron chi connectivity index (χ0n) is 22.4. The van der Waals surface area contributed by atoms with Crippen molar-refractivity contribution in [3.8, 4) is 0 Å². The molecule has 3 atom stereocenters. The largest absolute Gasteiger partial charge is 0.412 e. The summed E-state index contributed by atoms with van der Waals surface area (Å²) in [7, 11) is 0. The number of hydrogen-bond acceptors (Lipinski definition) is 5. The number of amidine groups is 1. The van der Waals surface area contributed by atoms with E-state index in [2.05, 4.69) is 50.2 Å². The number of hydrogen-bond donors (Lipinski definition) is 3. The van der Waals surface area contributed by atoms with Crippen molar-refractivity contribution < 1.29 is 15.4 Å². The topological polar surface area (TPSA) is 108 Å². The number of amides is 1. The van der Waals surface area contributed by atoms with Crippen LogP contribution >= 0.6 is 11.6 Å². The number of carbonyl (C=O) groups is 1. The van der Waals surface area contributed by atoms with Crippen LogP contribution in [-0.2, 0) is 10.4 Å². The number of aliphatic hydroxyl groups is 1. The fourth-order valence-electron chi connectivity index (χ4n) is 5.10. The smallest absolute Gasteiger partial charge is 0.239 e. The number of halogens is 1. The van der Waals surface area contributed by atoms with Crippen molar-refractivity contribution in [1.29, 1.82) is 0 Å². The van der Waals surface area contributed by atoms with Crippen LogP contribution < -0.4 is 10.6 Å². The zero-order chi connectivity index (χ0) is 25.3. The maximum Gasteiger partial charge on any atom is 0.239 e. The van der Waals surface area contributed by atoms with Gasteiger partial charge in [-0.2, -0.15) is 0 Å². The molecule has 0 radical (unpaired) electrons. The molecule has 1 aromatic rings. The van der Waals surface area contributed by atoms with Gasteiger partial charge in [0.15, 0.2) is 0 Å². The van der Waals surface area contributed by atoms with E-state index in [-0.39, 0.29) is 34.8 Å². The molecule has 35 heavy (non-hydrogen) atoms. The number of aliphatic imine (C=N–C) groups is 1. The van der Waals surface area contributed by atoms with E-state index in [0.717, 1.165) is 30.9 Å². The first-order valence-corrected chi connectivity index (χ1v) is 12.9. The Labute approximate surface area is 216 Å². The second-order valence-corrected chi connectivity index (χ2v) is 12.4. The van der Waals surface area contributed by atoms with E-state index in [1.807, 2.05) is 43.0 Å². The molecule has 0 spiro atoms. The molecule has 0 aromatic heterocycles. The van der Waals surface area contributed by atoms with Crippen LogP contribution in [0.3, 0.4) is 0 Å². The van der Waals surface area contributed by atoms with Crippen molar-refractivity contribution in [2.45, 2.75) is 79.0 Å². The number of likely N-dealkylation sites (tertiary alicyclic amines) is 1. The minimum atomic E-state index is -1.01. The van der Waals surface area contributed by atoms with Gasteiger partial charge in [-0.1, -0.05) is 72.2 Å². The van der Waals surface area contributed by atoms with E-state index in [1.54, 1.807) is 0 Å². The highest BCUT2D eigenvalue weighted by Crippen LogP contribution is 2.46. The number of benzene rings is 1. The van der Waals surface area contributed by atoms with Gasteiger partial charge >= 0.3 is 0 Å². The molecule has 198 valence electrons. The van der Waals surface area contributed by atoms with Gasteiger partial charge in [-0.15, -0.1) is 0 Å². The molecule has 1 amide bonds. The summed E-state index contributed by atoms with van der Waals surface area (Å²) in [5.74, 6) is 1.31. The summed E-state index contributed by atoms with van der Waals surface area (Å²) in [6.07, 6.45) is 1.45. The van der Waals surface area contributed by atoms with Crippen LogP contribution in [0.5, 0.6) is 0 Å². The molecular weight excluding hydrogens is 464 g/mol. The van der Waals surface area contributed by atoms with Crippen LogP contribution in [-0.4, -0.2) is 65.5 Å². The lowest BCUT2D eigenvalue weighted by Gasteiger charge is -2.51. The summed E-state index contributed by atoms with van der Waals surface area (Å²) in [6.45, 7) is 17.3. The second kappa shape index (κ2) is 11.2. The number of nitrogens with one attached hydrogen (secondary N) is 2. The molecular formula is C27H45ClN4O3. The zero-order valence-corrected chi connectivity index (χ0v) is 23.2. The van der Waals surface area contributed by atoms with Gasteiger partial charge in [0.25, 0.3) is 0 Å². The maximum absolute atomic E-state index is 13.6. The quantitative estimate of drug-likeness (QED) is 0.547. The monoisotopic (exact) mass is 508 g/mol. The molecule has 1 aromatic carbocycles. The second-order valence-electron chi connectivity index (χ2n) is 12.0. The average molecular weight is 509 g/mol. The van der Waals surface area contributed by atoms with Crippen molar-refractivity contribution in [2.75, 3.05) is 26.2 Å². The fourth-order valence-corrected chi connectivity index (χ4v) is 5.22. The SMILES string of the molecule is CC(C)[C@@H](NCC1CCN=C(C(C)(C)C)N1)C(=O)N1CC[C@](O)(c2ccc(Cl)cc2)C(C)(C)C1.O. The summed E-state index contributed by atoms with van der Waals surface area (Å²) < 4.78 is 0. The minimum Gasteiger partial charge on any atom is -0.412 e. The van der Waals surface area contributed by atoms with Crippen molar-refractivity contribution >= 4 is 23.3 Å². The summed E-state index contributed by atoms with van der Waals surface area (Å²) in [4.78, 5) is 20.2. The number of carbonyl (C=O) groups excluding carboxylic acids is 1. The molecule has 5 N–H and O–H groups in total. The molecule has 1 fully saturated rings. The first kappa shape index (κ1) is 29.6. The molecule has 0 saturated carbocycles. The Morgan fingerprint density at radius 3 is 2.46 bits per heavy atom. The van der Waals surface area contributed by atoms with Gasteiger partial charge in [0.1, 0.15) is 5.84 Å². The predicted molar refractivity (Wildman–Crippen MR) is 144 cm³/mol. The lowest BCUT2D eigenvalue weighted by molar-refractivity contribution is -0.155. The van der Waals surface area contributed by atoms with Crippen LogP contribution in [0.4, 0.5) is 0 Å². The van der Waals surface area contributed by atoms with E-state index in [4.69, 9.17) is 11.6 Å². The Morgan fingerprint density at radius 2 is 1.91 bits per heavy atom. The van der Waals surface area contributed by atoms with Crippen molar-refractivity contribution in [3.63, 3.8) is 0 Å². The molecule has 2 heterocycles. The number of rotatable bonds is 6. The van der Waals surface area contributed by atoms with E-state index in [1.165, 1.54) is 0 Å². The third kappa shape index (κ3) is 6.56. The van der Waals surface area contributed by atoms with Crippen LogP contribution in [0, 0.1) is 16.7 Å². The van der Waals surface area contributed by atoms with Gasteiger partial charge < -0.3 is 26.1 Å². The first-order chi connectivity index (χ1) is 15.7. The highest BCUT2D eigenvalue weighted by molar-refractivity contribution is 6.30. The summed E-state index contributed by atoms with van der Waals surface area (Å²) >= 11 is 6.06. The lowest BCUT2D eigenvalue weighted by Crippen LogP contribution is -2.61. The van der Waals surface area contributed by atoms with Gasteiger partial charge in [-0.25, -0.2) is 0 Å². The van der Waals surface area contributed by atoms with Crippen LogP contribution in [0.15, 0.2) is 29.3 Å². The number of piperidine rings is 1. The predicted octanol–water partition coefficient (Wildman–Crippen LogP) is 3.38. The van der Waals surface area contributed by atoms with E-state index >= 15 is 0 Å². The molecule has 8 heteroatoms. The molecule has 1 saturated heterocycles. The molecule has 7 nitrogen and oxygen atoms in total. The van der Waals surface area contributed by atoms with E-state index in [0.29, 0.717) is 24.5 Å². The first-order valence-electron chi connectivity index (χ1n) is 12.6. The standard InChI is InChI=1S/C27H43ClN4O2.H2O/c1-18(2)22(30-16-21-12-14-29-24(31-21)25(3,4)5)23(33)32-15-13-27(34,26(6,7)17-32)19-8-10-20(28)11-9-19;/h8-11,18,21-22,30,34H,12-17H2,1-7H3,(H,29,31);1H2/t21?,22-,27+;/m1./s1. The average Bonchev–Trinajstić information content (AvgIpc) is 2.75. The third-order valence-electron chi connectivity index (χ3n) is 7.40. The Hall–Kier alpha value is -1.67. The van der Waals surface area contributed by atoms with E-state index in [9.17, 15) is 9.90 Å². The minimum absolute atomic E-state index is 0. The Balaban J connectivity index is 0.00000432. The lowest BCUT2D eigenvalue weighted by atomic mass is 9.66. The Morgan fingerprint density at radius 1 is 1.29 bits per heavy atom. The Bertz CT molecular complexity index is 895. The third-order valence-corrected chi connectivity index (χ3v) is 7.65. The van der Waals surface area contributed by atoms with Crippen LogP contribution in [0.2, 0.25) is 5.02 Å². The highest BCUT2D eigenvalue weighted by atomic mass is 35.5. The highest BCUT2D eigenvalue weighted by Gasteiger charge is 2.50. The van der Waals surface area contributed by atoms with Gasteiger partial charge in [0.05, 0.1) is 11.6 Å². The van der Waals surface area contributed by atoms with Gasteiger partial charge in [0, 0.05) is 48.1 Å². The number of nitrogens with zero attached hydrogens (tertiary/aromatic N) is 2. The fraction of sp³-hybridized carbons (Fsp3) is 0.704. The summed E-state index contributed by atoms with van der Waals surface area (Å²) in [6, 6.07) is 7.41. The molecule has 2 aliphatic rings. The van der Waals surface area contributed by atoms with Crippen molar-refractivity contribution in [2.24, 2.45) is 21.7 Å². The van der Waals surface area contributed by atoms with Crippen LogP contribution in [0.1, 0.15) is 66.9 Å². The van der Waals surface area contributed by atoms with Gasteiger partial charge in [-0.05, 0) is 36.5 Å². The van der Waals surface area contributed by atoms with Crippen LogP contribution in [0.25, 0.3) is 0 Å². The van der Waals surface area contributed by atoms with Gasteiger partial charge in [0.2, 0.25) is 5.91 Å². The van der Waals surface area contributed by atoms with Gasteiger partial charge in [-0.3, -0.25) is 9.79 Å². The maximum atomic E-state index is 13.6. The molecule has 1 unspecified atom stereocenters. The summed E-state index contributed by atoms with van der Waals surface area (Å²) in [5.41, 5.74) is -0.665. The normalized spacial score (nSPS) is 25.4.